The van der Waals surface area contributed by atoms with Crippen LogP contribution in [0.15, 0.2) is 84.9 Å². The molecule has 0 spiro atoms. The van der Waals surface area contributed by atoms with Gasteiger partial charge in [-0.15, -0.1) is 24.3 Å². The van der Waals surface area contributed by atoms with E-state index < -0.39 is 0 Å². The molecule has 0 amide bonds. The number of aromatic hydroxyl groups is 2. The van der Waals surface area contributed by atoms with Crippen LogP contribution < -0.4 is 0 Å². The minimum absolute atomic E-state index is 0. The second kappa shape index (κ2) is 20.0. The quantitative estimate of drug-likeness (QED) is 0.146. The molecule has 0 saturated carbocycles. The number of benzene rings is 4. The normalized spacial score (nSPS) is 12.0. The molecule has 53 heavy (non-hydrogen) atoms. The molecule has 0 aliphatic carbocycles. The number of rotatable bonds is 7. The maximum Gasteiger partial charge on any atom is 2.00 e. The molecule has 0 heterocycles. The third-order valence-corrected chi connectivity index (χ3v) is 9.06. The zero-order chi connectivity index (χ0) is 39.7. The van der Waals surface area contributed by atoms with Gasteiger partial charge in [0.15, 0.2) is 0 Å². The SMILES string of the molecule is CN(C)CCN(Cc1cc(C(C)(C)C)cc(C(C)(C)C)c1O)Cc1cc(C(C)(C)C)cc(C(C)(C)C)c1O.[CH2-]c1ccccc1.[CH2-]c1ccccc1.[Ti+2]. The number of nitrogens with zero attached hydrogens (tertiary/aromatic N) is 2. The summed E-state index contributed by atoms with van der Waals surface area (Å²) in [6.07, 6.45) is 0. The van der Waals surface area contributed by atoms with Crippen LogP contribution in [-0.4, -0.2) is 47.2 Å². The molecule has 0 bridgehead atoms. The Labute approximate surface area is 339 Å². The second-order valence-electron chi connectivity index (χ2n) is 18.5. The Morgan fingerprint density at radius 1 is 0.491 bits per heavy atom. The van der Waals surface area contributed by atoms with E-state index in [-0.39, 0.29) is 43.4 Å². The van der Waals surface area contributed by atoms with Crippen molar-refractivity contribution in [1.29, 1.82) is 0 Å². The molecule has 2 N–H and O–H groups in total. The summed E-state index contributed by atoms with van der Waals surface area (Å²) < 4.78 is 0. The Bertz CT molecular complexity index is 1550. The minimum atomic E-state index is -0.171. The third kappa shape index (κ3) is 16.0. The van der Waals surface area contributed by atoms with Crippen molar-refractivity contribution in [3.63, 3.8) is 0 Å². The first-order chi connectivity index (χ1) is 23.8. The van der Waals surface area contributed by atoms with E-state index in [0.29, 0.717) is 24.6 Å². The fourth-order valence-electron chi connectivity index (χ4n) is 5.63. The Hall–Kier alpha value is -3.15. The fourth-order valence-corrected chi connectivity index (χ4v) is 5.63. The van der Waals surface area contributed by atoms with Crippen molar-refractivity contribution in [2.45, 2.75) is 118 Å². The molecule has 5 heteroatoms. The van der Waals surface area contributed by atoms with Gasteiger partial charge in [-0.25, -0.2) is 0 Å². The summed E-state index contributed by atoms with van der Waals surface area (Å²) in [6.45, 7) is 36.7. The first-order valence-electron chi connectivity index (χ1n) is 18.7. The van der Waals surface area contributed by atoms with Crippen LogP contribution in [-0.2, 0) is 56.5 Å². The standard InChI is InChI=1S/C34H56N2O2.2C7H7.Ti/c1-31(2,3)25-17-23(29(37)27(19-25)33(7,8)9)21-36(16-15-35(13)14)22-24-18-26(32(4,5)6)20-28(30(24)38)34(10,11)12;2*1-7-5-3-2-4-6-7;/h17-20,37-38H,15-16,21-22H2,1-14H3;2*2-6H,1H2;/q;2*-1;+2. The average molecular weight is 755 g/mol. The van der Waals surface area contributed by atoms with Crippen molar-refractivity contribution < 1.29 is 31.9 Å². The minimum Gasteiger partial charge on any atom is -0.507 e. The first kappa shape index (κ1) is 47.9. The first-order valence-corrected chi connectivity index (χ1v) is 18.7. The molecule has 0 saturated heterocycles. The van der Waals surface area contributed by atoms with Gasteiger partial charge in [-0.1, -0.05) is 119 Å². The van der Waals surface area contributed by atoms with Gasteiger partial charge >= 0.3 is 21.7 Å². The number of likely N-dealkylation sites (N-methyl/N-ethyl adjacent to an activating group) is 1. The zero-order valence-electron chi connectivity index (χ0n) is 35.6. The largest absolute Gasteiger partial charge is 2.00 e. The van der Waals surface area contributed by atoms with E-state index in [2.05, 4.69) is 145 Å². The van der Waals surface area contributed by atoms with Crippen LogP contribution in [0.1, 0.15) is 128 Å². The van der Waals surface area contributed by atoms with E-state index in [0.717, 1.165) is 46.5 Å². The molecule has 0 aliphatic heterocycles. The van der Waals surface area contributed by atoms with Crippen LogP contribution in [0.25, 0.3) is 0 Å². The van der Waals surface area contributed by atoms with Gasteiger partial charge in [-0.2, -0.15) is 49.2 Å². The molecule has 0 unspecified atom stereocenters. The van der Waals surface area contributed by atoms with Gasteiger partial charge in [-0.3, -0.25) is 4.90 Å². The summed E-state index contributed by atoms with van der Waals surface area (Å²) in [7, 11) is 4.17. The van der Waals surface area contributed by atoms with Crippen molar-refractivity contribution in [1.82, 2.24) is 9.80 Å². The predicted octanol–water partition coefficient (Wildman–Crippen LogP) is 11.6. The summed E-state index contributed by atoms with van der Waals surface area (Å²) in [4.78, 5) is 4.55. The van der Waals surface area contributed by atoms with E-state index in [9.17, 15) is 10.2 Å². The maximum atomic E-state index is 11.5. The third-order valence-electron chi connectivity index (χ3n) is 9.06. The maximum absolute atomic E-state index is 11.5. The van der Waals surface area contributed by atoms with Crippen molar-refractivity contribution in [3.05, 3.63) is 143 Å². The molecule has 4 aromatic carbocycles. The van der Waals surface area contributed by atoms with Gasteiger partial charge in [0.05, 0.1) is 0 Å². The summed E-state index contributed by atoms with van der Waals surface area (Å²) in [6, 6.07) is 28.5. The number of hydrogen-bond acceptors (Lipinski definition) is 4. The molecule has 0 radical (unpaired) electrons. The predicted molar refractivity (Wildman–Crippen MR) is 225 cm³/mol. The van der Waals surface area contributed by atoms with Crippen LogP contribution in [0, 0.1) is 13.8 Å². The van der Waals surface area contributed by atoms with Crippen LogP contribution in [0.5, 0.6) is 11.5 Å². The summed E-state index contributed by atoms with van der Waals surface area (Å²) in [5, 5.41) is 23.0. The second-order valence-corrected chi connectivity index (χ2v) is 18.5. The van der Waals surface area contributed by atoms with Crippen LogP contribution in [0.4, 0.5) is 0 Å². The molecule has 4 rings (SSSR count). The number of hydrogen-bond donors (Lipinski definition) is 2. The molecular weight excluding hydrogens is 684 g/mol. The van der Waals surface area contributed by atoms with Crippen molar-refractivity contribution in [2.24, 2.45) is 0 Å². The van der Waals surface area contributed by atoms with E-state index in [4.69, 9.17) is 0 Å². The molecular formula is C48H70N2O2Ti. The van der Waals surface area contributed by atoms with E-state index >= 15 is 0 Å². The van der Waals surface area contributed by atoms with Crippen molar-refractivity contribution in [3.8, 4) is 11.5 Å². The molecule has 0 atom stereocenters. The Balaban J connectivity index is 0.000000770. The molecule has 4 nitrogen and oxygen atoms in total. The Morgan fingerprint density at radius 3 is 1.04 bits per heavy atom. The van der Waals surface area contributed by atoms with Gasteiger partial charge in [0.25, 0.3) is 0 Å². The number of phenols is 2. The van der Waals surface area contributed by atoms with Crippen molar-refractivity contribution in [2.75, 3.05) is 27.2 Å². The zero-order valence-corrected chi connectivity index (χ0v) is 37.2. The fraction of sp³-hybridized carbons (Fsp3) is 0.458. The van der Waals surface area contributed by atoms with Crippen LogP contribution in [0.2, 0.25) is 0 Å². The summed E-state index contributed by atoms with van der Waals surface area (Å²) in [5.41, 5.74) is 8.07. The van der Waals surface area contributed by atoms with Crippen LogP contribution in [0.3, 0.4) is 0 Å². The molecule has 0 aromatic heterocycles. The summed E-state index contributed by atoms with van der Waals surface area (Å²) >= 11 is 0. The topological polar surface area (TPSA) is 46.9 Å². The Kier molecular flexibility index (Phi) is 18.0. The molecule has 0 aliphatic rings. The van der Waals surface area contributed by atoms with Gasteiger partial charge in [-0.05, 0) is 58.0 Å². The van der Waals surface area contributed by atoms with E-state index in [1.807, 2.05) is 60.7 Å². The van der Waals surface area contributed by atoms with E-state index in [1.165, 1.54) is 11.1 Å². The van der Waals surface area contributed by atoms with Crippen molar-refractivity contribution >= 4 is 0 Å². The smallest absolute Gasteiger partial charge is 0.507 e. The van der Waals surface area contributed by atoms with E-state index in [1.54, 1.807) is 0 Å². The van der Waals surface area contributed by atoms with Crippen LogP contribution >= 0.6 is 0 Å². The summed E-state index contributed by atoms with van der Waals surface area (Å²) in [5.74, 6) is 0.784. The average Bonchev–Trinajstić information content (AvgIpc) is 3.00. The number of phenolic OH excluding ortho intramolecular Hbond substituents is 2. The molecule has 288 valence electrons. The Morgan fingerprint density at radius 2 is 0.811 bits per heavy atom. The molecule has 4 aromatic rings. The van der Waals surface area contributed by atoms with Gasteiger partial charge < -0.3 is 15.1 Å². The van der Waals surface area contributed by atoms with Gasteiger partial charge in [0.1, 0.15) is 11.5 Å². The van der Waals surface area contributed by atoms with Gasteiger partial charge in [0, 0.05) is 37.3 Å². The molecule has 0 fully saturated rings. The monoisotopic (exact) mass is 754 g/mol. The van der Waals surface area contributed by atoms with Gasteiger partial charge in [0.2, 0.25) is 0 Å².